The summed E-state index contributed by atoms with van der Waals surface area (Å²) in [6, 6.07) is 16.3. The van der Waals surface area contributed by atoms with Crippen LogP contribution >= 0.6 is 23.1 Å². The fraction of sp³-hybridized carbons (Fsp3) is 0.0556. The second-order valence-corrected chi connectivity index (χ2v) is 7.84. The van der Waals surface area contributed by atoms with Gasteiger partial charge in [0.1, 0.15) is 4.90 Å². The molecule has 0 aliphatic heterocycles. The van der Waals surface area contributed by atoms with Crippen LogP contribution in [0.15, 0.2) is 68.6 Å². The molecule has 0 radical (unpaired) electrons. The lowest BCUT2D eigenvalue weighted by Gasteiger charge is -2.03. The summed E-state index contributed by atoms with van der Waals surface area (Å²) in [6.07, 6.45) is 0. The molecule has 0 spiro atoms. The number of H-pyrrole nitrogens is 1. The molecule has 6 nitrogen and oxygen atoms in total. The van der Waals surface area contributed by atoms with Gasteiger partial charge in [-0.1, -0.05) is 42.1 Å². The van der Waals surface area contributed by atoms with Crippen molar-refractivity contribution in [3.63, 3.8) is 0 Å². The molecule has 0 unspecified atom stereocenters. The van der Waals surface area contributed by atoms with Gasteiger partial charge in [0.15, 0.2) is 4.34 Å². The van der Waals surface area contributed by atoms with Crippen LogP contribution in [0, 0.1) is 6.92 Å². The minimum Gasteiger partial charge on any atom is -0.306 e. The summed E-state index contributed by atoms with van der Waals surface area (Å²) in [5.74, 6) is 0. The molecule has 0 aliphatic carbocycles. The molecule has 0 saturated heterocycles. The van der Waals surface area contributed by atoms with Gasteiger partial charge in [0.2, 0.25) is 0 Å². The van der Waals surface area contributed by atoms with Crippen molar-refractivity contribution in [2.45, 2.75) is 16.2 Å². The van der Waals surface area contributed by atoms with Gasteiger partial charge in [-0.15, -0.1) is 11.3 Å². The molecular weight excluding hydrogens is 368 g/mol. The number of anilines is 1. The van der Waals surface area contributed by atoms with Crippen LogP contribution in [0.5, 0.6) is 0 Å². The molecule has 0 fully saturated rings. The van der Waals surface area contributed by atoms with Crippen LogP contribution < -0.4 is 10.9 Å². The Bertz CT molecular complexity index is 1110. The van der Waals surface area contributed by atoms with Crippen LogP contribution in [-0.4, -0.2) is 20.8 Å². The van der Waals surface area contributed by atoms with E-state index in [4.69, 9.17) is 0 Å². The second kappa shape index (κ2) is 6.81. The smallest absolute Gasteiger partial charge is 0.306 e. The SMILES string of the molecule is Cc1[nH]n(C(=O)Nc2ccccc2)c(=O)c1Sc1nc2ccccc2s1. The number of para-hydroxylation sites is 2. The molecule has 26 heavy (non-hydrogen) atoms. The number of nitrogens with zero attached hydrogens (tertiary/aromatic N) is 2. The number of carbonyl (C=O) groups excluding carboxylic acids is 1. The molecule has 0 saturated carbocycles. The number of fused-ring (bicyclic) bond motifs is 1. The van der Waals surface area contributed by atoms with E-state index in [1.54, 1.807) is 19.1 Å². The fourth-order valence-electron chi connectivity index (χ4n) is 2.48. The van der Waals surface area contributed by atoms with Crippen molar-refractivity contribution in [3.8, 4) is 0 Å². The molecule has 4 rings (SSSR count). The Balaban J connectivity index is 1.62. The summed E-state index contributed by atoms with van der Waals surface area (Å²) in [7, 11) is 0. The number of rotatable bonds is 3. The average molecular weight is 382 g/mol. The van der Waals surface area contributed by atoms with E-state index in [9.17, 15) is 9.59 Å². The van der Waals surface area contributed by atoms with E-state index in [1.807, 2.05) is 42.5 Å². The van der Waals surface area contributed by atoms with E-state index < -0.39 is 6.03 Å². The number of nitrogens with one attached hydrogen (secondary N) is 2. The number of aromatic nitrogens is 3. The van der Waals surface area contributed by atoms with Gasteiger partial charge >= 0.3 is 6.03 Å². The molecule has 2 aromatic heterocycles. The summed E-state index contributed by atoms with van der Waals surface area (Å²) in [6.45, 7) is 1.77. The number of thiazole rings is 1. The maximum absolute atomic E-state index is 12.7. The lowest BCUT2D eigenvalue weighted by molar-refractivity contribution is 0.250. The molecule has 2 aromatic carbocycles. The van der Waals surface area contributed by atoms with Gasteiger partial charge in [0.05, 0.1) is 10.2 Å². The van der Waals surface area contributed by atoms with E-state index in [2.05, 4.69) is 15.4 Å². The first-order chi connectivity index (χ1) is 12.6. The van der Waals surface area contributed by atoms with Crippen LogP contribution in [-0.2, 0) is 0 Å². The quantitative estimate of drug-likeness (QED) is 0.553. The highest BCUT2D eigenvalue weighted by molar-refractivity contribution is 8.01. The summed E-state index contributed by atoms with van der Waals surface area (Å²) < 4.78 is 2.81. The maximum atomic E-state index is 12.7. The van der Waals surface area contributed by atoms with Crippen LogP contribution in [0.2, 0.25) is 0 Å². The van der Waals surface area contributed by atoms with Gasteiger partial charge in [-0.25, -0.2) is 9.78 Å². The third-order valence-corrected chi connectivity index (χ3v) is 5.99. The number of aryl methyl sites for hydroxylation is 1. The first kappa shape index (κ1) is 16.6. The average Bonchev–Trinajstić information content (AvgIpc) is 3.18. The number of amides is 1. The first-order valence-corrected chi connectivity index (χ1v) is 9.46. The summed E-state index contributed by atoms with van der Waals surface area (Å²) >= 11 is 2.79. The highest BCUT2D eigenvalue weighted by Gasteiger charge is 2.18. The van der Waals surface area contributed by atoms with Crippen molar-refractivity contribution in [3.05, 3.63) is 70.6 Å². The lowest BCUT2D eigenvalue weighted by Crippen LogP contribution is -2.30. The largest absolute Gasteiger partial charge is 0.348 e. The van der Waals surface area contributed by atoms with Crippen molar-refractivity contribution < 1.29 is 4.79 Å². The molecule has 2 heterocycles. The molecule has 1 amide bonds. The van der Waals surface area contributed by atoms with Crippen molar-refractivity contribution in [2.75, 3.05) is 5.32 Å². The molecule has 0 aliphatic rings. The Kier molecular flexibility index (Phi) is 4.36. The number of aromatic amines is 1. The Morgan fingerprint density at radius 1 is 1.15 bits per heavy atom. The van der Waals surface area contributed by atoms with Crippen LogP contribution in [0.1, 0.15) is 5.69 Å². The number of hydrogen-bond acceptors (Lipinski definition) is 5. The highest BCUT2D eigenvalue weighted by Crippen LogP contribution is 2.33. The van der Waals surface area contributed by atoms with Gasteiger partial charge in [0.25, 0.3) is 5.56 Å². The predicted octanol–water partition coefficient (Wildman–Crippen LogP) is 4.33. The van der Waals surface area contributed by atoms with Gasteiger partial charge in [-0.05, 0) is 31.2 Å². The lowest BCUT2D eigenvalue weighted by atomic mass is 10.3. The Morgan fingerprint density at radius 3 is 2.65 bits per heavy atom. The highest BCUT2D eigenvalue weighted by atomic mass is 32.2. The molecule has 130 valence electrons. The number of benzene rings is 2. The van der Waals surface area contributed by atoms with Gasteiger partial charge < -0.3 is 5.32 Å². The van der Waals surface area contributed by atoms with Crippen molar-refractivity contribution >= 4 is 45.0 Å². The van der Waals surface area contributed by atoms with Crippen LogP contribution in [0.4, 0.5) is 10.5 Å². The Morgan fingerprint density at radius 2 is 1.88 bits per heavy atom. The molecule has 8 heteroatoms. The van der Waals surface area contributed by atoms with E-state index in [-0.39, 0.29) is 5.56 Å². The van der Waals surface area contributed by atoms with E-state index in [1.165, 1.54) is 23.1 Å². The van der Waals surface area contributed by atoms with Crippen molar-refractivity contribution in [2.24, 2.45) is 0 Å². The summed E-state index contributed by atoms with van der Waals surface area (Å²) in [5, 5.41) is 5.53. The molecule has 2 N–H and O–H groups in total. The number of carbonyl (C=O) groups is 1. The van der Waals surface area contributed by atoms with Crippen molar-refractivity contribution in [1.82, 2.24) is 14.8 Å². The zero-order valence-electron chi connectivity index (χ0n) is 13.7. The standard InChI is InChI=1S/C18H14N4O2S2/c1-11-15(26-18-20-13-9-5-6-10-14(13)25-18)16(23)22(21-11)17(24)19-12-7-3-2-4-8-12/h2-10,21H,1H3,(H,19,24). The second-order valence-electron chi connectivity index (χ2n) is 5.55. The minimum absolute atomic E-state index is 0.389. The zero-order chi connectivity index (χ0) is 18.1. The van der Waals surface area contributed by atoms with Crippen molar-refractivity contribution in [1.29, 1.82) is 0 Å². The molecule has 4 aromatic rings. The van der Waals surface area contributed by atoms with Gasteiger partial charge in [-0.3, -0.25) is 9.89 Å². The van der Waals surface area contributed by atoms with E-state index >= 15 is 0 Å². The van der Waals surface area contributed by atoms with E-state index in [0.717, 1.165) is 19.2 Å². The first-order valence-electron chi connectivity index (χ1n) is 7.83. The van der Waals surface area contributed by atoms with Gasteiger partial charge in [-0.2, -0.15) is 4.68 Å². The number of hydrogen-bond donors (Lipinski definition) is 2. The molecule has 0 bridgehead atoms. The third-order valence-electron chi connectivity index (χ3n) is 3.71. The predicted molar refractivity (Wildman–Crippen MR) is 104 cm³/mol. The monoisotopic (exact) mass is 382 g/mol. The third kappa shape index (κ3) is 3.16. The molecule has 0 atom stereocenters. The molecular formula is C18H14N4O2S2. The fourth-order valence-corrected chi connectivity index (χ4v) is 4.56. The van der Waals surface area contributed by atoms with Gasteiger partial charge in [0, 0.05) is 11.4 Å². The normalized spacial score (nSPS) is 11.0. The summed E-state index contributed by atoms with van der Waals surface area (Å²) in [5.41, 5.74) is 1.76. The Labute approximate surface area is 156 Å². The van der Waals surface area contributed by atoms with Crippen LogP contribution in [0.25, 0.3) is 10.2 Å². The Hall–Kier alpha value is -2.84. The minimum atomic E-state index is -0.527. The zero-order valence-corrected chi connectivity index (χ0v) is 15.4. The van der Waals surface area contributed by atoms with E-state index in [0.29, 0.717) is 16.3 Å². The van der Waals surface area contributed by atoms with Crippen LogP contribution in [0.3, 0.4) is 0 Å². The topological polar surface area (TPSA) is 79.8 Å². The summed E-state index contributed by atoms with van der Waals surface area (Å²) in [4.78, 5) is 30.1. The maximum Gasteiger partial charge on any atom is 0.348 e.